The minimum Gasteiger partial charge on any atom is -0.494 e. The zero-order chi connectivity index (χ0) is 45.0. The van der Waals surface area contributed by atoms with Crippen molar-refractivity contribution in [2.24, 2.45) is 5.92 Å². The molecule has 4 rings (SSSR count). The molecule has 62 heavy (non-hydrogen) atoms. The van der Waals surface area contributed by atoms with Gasteiger partial charge in [-0.2, -0.15) is 26.3 Å². The van der Waals surface area contributed by atoms with Crippen molar-refractivity contribution in [3.8, 4) is 34.5 Å². The van der Waals surface area contributed by atoms with Crippen molar-refractivity contribution in [3.63, 3.8) is 0 Å². The molecule has 0 saturated carbocycles. The fourth-order valence-corrected chi connectivity index (χ4v) is 6.79. The lowest BCUT2D eigenvalue weighted by molar-refractivity contribution is -0.188. The largest absolute Gasteiger partial charge is 0.494 e. The van der Waals surface area contributed by atoms with Crippen LogP contribution in [0.3, 0.4) is 0 Å². The van der Waals surface area contributed by atoms with Crippen LogP contribution in [-0.4, -0.2) is 26.4 Å². The molecular formula is C48H58F8O6. The summed E-state index contributed by atoms with van der Waals surface area (Å²) < 4.78 is 146. The molecule has 342 valence electrons. The molecule has 0 fully saturated rings. The molecule has 0 aliphatic rings. The number of rotatable bonds is 30. The molecule has 0 atom stereocenters. The fraction of sp³-hybridized carbons (Fsp3) is 0.500. The molecule has 6 nitrogen and oxygen atoms in total. The highest BCUT2D eigenvalue weighted by atomic mass is 19.3. The molecule has 0 aliphatic heterocycles. The first-order chi connectivity index (χ1) is 29.8. The van der Waals surface area contributed by atoms with E-state index in [4.69, 9.17) is 28.4 Å². The lowest BCUT2D eigenvalue weighted by Crippen LogP contribution is -2.24. The number of alkyl halides is 4. The van der Waals surface area contributed by atoms with Gasteiger partial charge in [0.25, 0.3) is 0 Å². The molecule has 0 aromatic heterocycles. The first kappa shape index (κ1) is 49.8. The van der Waals surface area contributed by atoms with Crippen LogP contribution in [0.4, 0.5) is 35.1 Å². The standard InChI is InChI=1S/C48H58F8O6/c1-4-57-41-30-28-39(43(49)45(41)51)47(53,54)61-37-24-20-35(21-25-37)59-32-16-12-8-6-10-14-18-34(3)19-15-11-7-9-13-17-33-60-36-22-26-38(27-23-36)62-48(55,56)40-29-31-42(58-5-2)46(52)44(40)50/h20-31,34H,4-19,32-33H2,1-3H3. The van der Waals surface area contributed by atoms with E-state index in [2.05, 4.69) is 6.92 Å². The number of halogens is 8. The molecular weight excluding hydrogens is 825 g/mol. The molecule has 0 aliphatic carbocycles. The summed E-state index contributed by atoms with van der Waals surface area (Å²) in [4.78, 5) is 0. The smallest absolute Gasteiger partial charge is 0.429 e. The van der Waals surface area contributed by atoms with Crippen molar-refractivity contribution in [3.05, 3.63) is 107 Å². The molecule has 0 unspecified atom stereocenters. The van der Waals surface area contributed by atoms with Crippen LogP contribution in [0.5, 0.6) is 34.5 Å². The maximum atomic E-state index is 14.6. The first-order valence-electron chi connectivity index (χ1n) is 21.6. The van der Waals surface area contributed by atoms with Gasteiger partial charge >= 0.3 is 12.2 Å². The minimum atomic E-state index is -4.11. The summed E-state index contributed by atoms with van der Waals surface area (Å²) in [6.07, 6.45) is 7.31. The van der Waals surface area contributed by atoms with Gasteiger partial charge in [-0.1, -0.05) is 84.0 Å². The van der Waals surface area contributed by atoms with E-state index in [0.29, 0.717) is 30.6 Å². The third-order valence-electron chi connectivity index (χ3n) is 10.2. The van der Waals surface area contributed by atoms with E-state index in [1.165, 1.54) is 87.1 Å². The van der Waals surface area contributed by atoms with Gasteiger partial charge in [-0.3, -0.25) is 0 Å². The molecule has 0 N–H and O–H groups in total. The Morgan fingerprint density at radius 3 is 1.08 bits per heavy atom. The van der Waals surface area contributed by atoms with Gasteiger partial charge in [-0.05, 0) is 105 Å². The van der Waals surface area contributed by atoms with Gasteiger partial charge in [0.2, 0.25) is 11.6 Å². The zero-order valence-corrected chi connectivity index (χ0v) is 35.7. The molecule has 0 spiro atoms. The molecule has 0 bridgehead atoms. The predicted octanol–water partition coefficient (Wildman–Crippen LogP) is 14.9. The lowest BCUT2D eigenvalue weighted by atomic mass is 9.96. The van der Waals surface area contributed by atoms with Crippen molar-refractivity contribution in [2.75, 3.05) is 26.4 Å². The molecule has 4 aromatic rings. The molecule has 14 heteroatoms. The van der Waals surface area contributed by atoms with Crippen molar-refractivity contribution in [2.45, 2.75) is 123 Å². The van der Waals surface area contributed by atoms with Crippen LogP contribution in [0.2, 0.25) is 0 Å². The minimum absolute atomic E-state index is 0.0549. The Bertz CT molecular complexity index is 1770. The molecule has 4 aromatic carbocycles. The topological polar surface area (TPSA) is 55.4 Å². The van der Waals surface area contributed by atoms with Crippen molar-refractivity contribution >= 4 is 0 Å². The van der Waals surface area contributed by atoms with Gasteiger partial charge in [0, 0.05) is 0 Å². The molecule has 0 amide bonds. The van der Waals surface area contributed by atoms with Crippen LogP contribution < -0.4 is 28.4 Å². The summed E-state index contributed by atoms with van der Waals surface area (Å²) in [7, 11) is 0. The number of ether oxygens (including phenoxy) is 6. The van der Waals surface area contributed by atoms with E-state index in [9.17, 15) is 35.1 Å². The normalized spacial score (nSPS) is 11.8. The SMILES string of the molecule is CCOc1ccc(C(F)(F)Oc2ccc(OCCCCCCCCC(C)CCCCCCCCOc3ccc(OC(F)(F)c4ccc(OCC)c(F)c4F)cc3)cc2)c(F)c1F. The maximum Gasteiger partial charge on any atom is 0.429 e. The van der Waals surface area contributed by atoms with E-state index in [1.54, 1.807) is 13.8 Å². The van der Waals surface area contributed by atoms with Gasteiger partial charge in [-0.15, -0.1) is 0 Å². The van der Waals surface area contributed by atoms with E-state index in [-0.39, 0.29) is 24.7 Å². The average molecular weight is 883 g/mol. The first-order valence-corrected chi connectivity index (χ1v) is 21.6. The highest BCUT2D eigenvalue weighted by Crippen LogP contribution is 2.38. The third-order valence-corrected chi connectivity index (χ3v) is 10.2. The second-order valence-electron chi connectivity index (χ2n) is 15.1. The Labute approximate surface area is 359 Å². The van der Waals surface area contributed by atoms with Crippen LogP contribution in [-0.2, 0) is 12.2 Å². The summed E-state index contributed by atoms with van der Waals surface area (Å²) in [5.41, 5.74) is -2.45. The van der Waals surface area contributed by atoms with Crippen molar-refractivity contribution < 1.29 is 63.5 Å². The number of benzene rings is 4. The van der Waals surface area contributed by atoms with Crippen LogP contribution >= 0.6 is 0 Å². The quantitative estimate of drug-likeness (QED) is 0.0384. The van der Waals surface area contributed by atoms with Crippen LogP contribution in [0.15, 0.2) is 72.8 Å². The predicted molar refractivity (Wildman–Crippen MR) is 222 cm³/mol. The third kappa shape index (κ3) is 15.8. The van der Waals surface area contributed by atoms with Gasteiger partial charge in [0.15, 0.2) is 23.1 Å². The Balaban J connectivity index is 0.956. The highest BCUT2D eigenvalue weighted by Gasteiger charge is 2.40. The highest BCUT2D eigenvalue weighted by molar-refractivity contribution is 5.37. The Morgan fingerprint density at radius 1 is 0.403 bits per heavy atom. The van der Waals surface area contributed by atoms with E-state index in [1.807, 2.05) is 0 Å². The van der Waals surface area contributed by atoms with Crippen LogP contribution in [0, 0.1) is 29.2 Å². The van der Waals surface area contributed by atoms with Crippen LogP contribution in [0.25, 0.3) is 0 Å². The lowest BCUT2D eigenvalue weighted by Gasteiger charge is -2.20. The molecule has 0 saturated heterocycles. The monoisotopic (exact) mass is 882 g/mol. The summed E-state index contributed by atoms with van der Waals surface area (Å²) >= 11 is 0. The van der Waals surface area contributed by atoms with E-state index in [0.717, 1.165) is 75.6 Å². The Hall–Kier alpha value is -4.88. The van der Waals surface area contributed by atoms with Crippen LogP contribution in [0.1, 0.15) is 122 Å². The fourth-order valence-electron chi connectivity index (χ4n) is 6.79. The van der Waals surface area contributed by atoms with Gasteiger partial charge in [0.05, 0.1) is 26.4 Å². The molecule has 0 heterocycles. The van der Waals surface area contributed by atoms with Crippen molar-refractivity contribution in [1.29, 1.82) is 0 Å². The summed E-state index contributed by atoms with van der Waals surface area (Å²) in [6.45, 7) is 6.53. The van der Waals surface area contributed by atoms with E-state index >= 15 is 0 Å². The second kappa shape index (κ2) is 25.3. The number of unbranched alkanes of at least 4 members (excludes halogenated alkanes) is 10. The summed E-state index contributed by atoms with van der Waals surface area (Å²) in [6, 6.07) is 14.5. The van der Waals surface area contributed by atoms with Crippen molar-refractivity contribution in [1.82, 2.24) is 0 Å². The number of hydrogen-bond acceptors (Lipinski definition) is 6. The number of hydrogen-bond donors (Lipinski definition) is 0. The summed E-state index contributed by atoms with van der Waals surface area (Å²) in [5, 5.41) is 0. The van der Waals surface area contributed by atoms with E-state index < -0.39 is 58.1 Å². The Kier molecular flexibility index (Phi) is 20.3. The van der Waals surface area contributed by atoms with Gasteiger partial charge < -0.3 is 28.4 Å². The zero-order valence-electron chi connectivity index (χ0n) is 35.7. The maximum absolute atomic E-state index is 14.6. The Morgan fingerprint density at radius 2 is 0.726 bits per heavy atom. The second-order valence-corrected chi connectivity index (χ2v) is 15.1. The van der Waals surface area contributed by atoms with Gasteiger partial charge in [0.1, 0.15) is 34.1 Å². The molecule has 0 radical (unpaired) electrons. The average Bonchev–Trinajstić information content (AvgIpc) is 3.24. The summed E-state index contributed by atoms with van der Waals surface area (Å²) in [5.74, 6) is -6.12. The van der Waals surface area contributed by atoms with Gasteiger partial charge in [-0.25, -0.2) is 8.78 Å².